The molecule has 2 N–H and O–H groups in total. The topological polar surface area (TPSA) is 62.5 Å². The highest BCUT2D eigenvalue weighted by Gasteiger charge is 2.43. The summed E-state index contributed by atoms with van der Waals surface area (Å²) in [6, 6.07) is 10.6. The van der Waals surface area contributed by atoms with Gasteiger partial charge in [0, 0.05) is 28.6 Å². The Bertz CT molecular complexity index is 745. The Balaban J connectivity index is 1.49. The third-order valence-electron chi connectivity index (χ3n) is 4.39. The number of thioether (sulfide) groups is 1. The lowest BCUT2D eigenvalue weighted by molar-refractivity contribution is 0.379. The molecule has 0 aliphatic heterocycles. The van der Waals surface area contributed by atoms with Crippen LogP contribution in [0.1, 0.15) is 45.3 Å². The van der Waals surface area contributed by atoms with Crippen LogP contribution in [0.5, 0.6) is 0 Å². The number of aromatic nitrogens is 1. The molecule has 26 heavy (non-hydrogen) atoms. The van der Waals surface area contributed by atoms with Crippen molar-refractivity contribution in [3.05, 3.63) is 48.2 Å². The molecule has 0 spiro atoms. The van der Waals surface area contributed by atoms with Crippen molar-refractivity contribution in [3.63, 3.8) is 0 Å². The van der Waals surface area contributed by atoms with Gasteiger partial charge in [-0.1, -0.05) is 39.0 Å². The molecule has 1 fully saturated rings. The first-order valence-corrected chi connectivity index (χ1v) is 9.86. The Morgan fingerprint density at radius 3 is 2.54 bits per heavy atom. The number of nitrogens with zero attached hydrogens (tertiary/aromatic N) is 2. The number of rotatable bonds is 6. The normalized spacial score (nSPS) is 16.4. The maximum Gasteiger partial charge on any atom is 0.213 e. The van der Waals surface area contributed by atoms with Crippen molar-refractivity contribution in [3.8, 4) is 0 Å². The molecule has 1 heterocycles. The molecule has 5 nitrogen and oxygen atoms in total. The summed E-state index contributed by atoms with van der Waals surface area (Å²) in [5, 5.41) is 6.74. The van der Waals surface area contributed by atoms with Gasteiger partial charge in [0.25, 0.3) is 0 Å². The molecule has 0 bridgehead atoms. The molecule has 1 aliphatic rings. The van der Waals surface area contributed by atoms with Crippen LogP contribution in [-0.4, -0.2) is 29.3 Å². The summed E-state index contributed by atoms with van der Waals surface area (Å²) in [7, 11) is 1.79. The average molecular weight is 373 g/mol. The van der Waals surface area contributed by atoms with Crippen LogP contribution in [0.3, 0.4) is 0 Å². The van der Waals surface area contributed by atoms with Gasteiger partial charge in [-0.3, -0.25) is 4.99 Å². The van der Waals surface area contributed by atoms with E-state index < -0.39 is 0 Å². The first-order chi connectivity index (χ1) is 12.4. The SMILES string of the molecule is CN=C(NCc1ncc(C(C)(C)C)o1)NCC1(Sc2ccccc2)CC1. The molecule has 0 unspecified atom stereocenters. The van der Waals surface area contributed by atoms with E-state index in [2.05, 4.69) is 71.7 Å². The van der Waals surface area contributed by atoms with Crippen molar-refractivity contribution in [2.75, 3.05) is 13.6 Å². The zero-order chi connectivity index (χ0) is 18.6. The molecule has 0 saturated heterocycles. The quantitative estimate of drug-likeness (QED) is 0.594. The predicted octanol–water partition coefficient (Wildman–Crippen LogP) is 3.96. The predicted molar refractivity (Wildman–Crippen MR) is 108 cm³/mol. The lowest BCUT2D eigenvalue weighted by Gasteiger charge is -2.18. The molecular weight excluding hydrogens is 344 g/mol. The van der Waals surface area contributed by atoms with Crippen LogP contribution in [0.2, 0.25) is 0 Å². The largest absolute Gasteiger partial charge is 0.443 e. The van der Waals surface area contributed by atoms with Gasteiger partial charge in [-0.25, -0.2) is 4.98 Å². The maximum absolute atomic E-state index is 5.82. The van der Waals surface area contributed by atoms with E-state index in [4.69, 9.17) is 4.42 Å². The third-order valence-corrected chi connectivity index (χ3v) is 5.88. The Kier molecular flexibility index (Phi) is 5.61. The highest BCUT2D eigenvalue weighted by atomic mass is 32.2. The highest BCUT2D eigenvalue weighted by molar-refractivity contribution is 8.01. The molecule has 2 aromatic rings. The first kappa shape index (κ1) is 18.8. The molecule has 1 aliphatic carbocycles. The minimum Gasteiger partial charge on any atom is -0.443 e. The molecule has 6 heteroatoms. The van der Waals surface area contributed by atoms with Crippen LogP contribution in [0.4, 0.5) is 0 Å². The van der Waals surface area contributed by atoms with E-state index in [-0.39, 0.29) is 10.2 Å². The maximum atomic E-state index is 5.82. The second-order valence-corrected chi connectivity index (χ2v) is 9.29. The van der Waals surface area contributed by atoms with E-state index in [1.165, 1.54) is 17.7 Å². The minimum atomic E-state index is -0.0296. The van der Waals surface area contributed by atoms with Gasteiger partial charge in [-0.2, -0.15) is 0 Å². The van der Waals surface area contributed by atoms with E-state index in [1.807, 2.05) is 18.0 Å². The molecular formula is C20H28N4OS. The van der Waals surface area contributed by atoms with E-state index in [0.717, 1.165) is 18.3 Å². The van der Waals surface area contributed by atoms with Gasteiger partial charge in [0.15, 0.2) is 5.96 Å². The fourth-order valence-electron chi connectivity index (χ4n) is 2.56. The second kappa shape index (κ2) is 7.74. The van der Waals surface area contributed by atoms with Crippen molar-refractivity contribution in [1.29, 1.82) is 0 Å². The van der Waals surface area contributed by atoms with Gasteiger partial charge in [0.1, 0.15) is 5.76 Å². The van der Waals surface area contributed by atoms with E-state index in [0.29, 0.717) is 12.4 Å². The van der Waals surface area contributed by atoms with Gasteiger partial charge in [0.2, 0.25) is 5.89 Å². The summed E-state index contributed by atoms with van der Waals surface area (Å²) >= 11 is 1.95. The first-order valence-electron chi connectivity index (χ1n) is 9.04. The Morgan fingerprint density at radius 1 is 1.23 bits per heavy atom. The number of guanidine groups is 1. The van der Waals surface area contributed by atoms with Crippen LogP contribution in [-0.2, 0) is 12.0 Å². The highest BCUT2D eigenvalue weighted by Crippen LogP contribution is 2.51. The molecule has 0 atom stereocenters. The fourth-order valence-corrected chi connectivity index (χ4v) is 3.80. The van der Waals surface area contributed by atoms with Crippen molar-refractivity contribution in [1.82, 2.24) is 15.6 Å². The van der Waals surface area contributed by atoms with Crippen LogP contribution in [0.15, 0.2) is 50.8 Å². The van der Waals surface area contributed by atoms with Crippen LogP contribution in [0.25, 0.3) is 0 Å². The van der Waals surface area contributed by atoms with Crippen molar-refractivity contribution < 1.29 is 4.42 Å². The molecule has 0 radical (unpaired) electrons. The van der Waals surface area contributed by atoms with E-state index in [1.54, 1.807) is 7.05 Å². The summed E-state index contributed by atoms with van der Waals surface area (Å²) in [6.45, 7) is 7.76. The summed E-state index contributed by atoms with van der Waals surface area (Å²) < 4.78 is 6.10. The van der Waals surface area contributed by atoms with Crippen molar-refractivity contribution in [2.45, 2.75) is 55.2 Å². The van der Waals surface area contributed by atoms with E-state index in [9.17, 15) is 0 Å². The molecule has 1 saturated carbocycles. The third kappa shape index (κ3) is 5.04. The molecule has 1 aromatic carbocycles. The van der Waals surface area contributed by atoms with Gasteiger partial charge in [0.05, 0.1) is 12.7 Å². The van der Waals surface area contributed by atoms with E-state index >= 15 is 0 Å². The van der Waals surface area contributed by atoms with Gasteiger partial charge in [-0.15, -0.1) is 11.8 Å². The molecule has 0 amide bonds. The minimum absolute atomic E-state index is 0.0296. The van der Waals surface area contributed by atoms with Gasteiger partial charge in [-0.05, 0) is 25.0 Å². The number of nitrogens with one attached hydrogen (secondary N) is 2. The number of aliphatic imine (C=N–C) groups is 1. The summed E-state index contributed by atoms with van der Waals surface area (Å²) in [5.74, 6) is 2.35. The van der Waals surface area contributed by atoms with Crippen molar-refractivity contribution in [2.24, 2.45) is 4.99 Å². The number of oxazole rings is 1. The monoisotopic (exact) mass is 372 g/mol. The van der Waals surface area contributed by atoms with Crippen LogP contribution < -0.4 is 10.6 Å². The Hall–Kier alpha value is -1.95. The van der Waals surface area contributed by atoms with Crippen LogP contribution in [0, 0.1) is 0 Å². The lowest BCUT2D eigenvalue weighted by Crippen LogP contribution is -2.40. The zero-order valence-corrected chi connectivity index (χ0v) is 16.8. The Labute approximate surface area is 160 Å². The van der Waals surface area contributed by atoms with Crippen LogP contribution >= 0.6 is 11.8 Å². The average Bonchev–Trinajstić information content (AvgIpc) is 3.18. The second-order valence-electron chi connectivity index (χ2n) is 7.75. The summed E-state index contributed by atoms with van der Waals surface area (Å²) in [4.78, 5) is 9.99. The molecule has 1 aromatic heterocycles. The standard InChI is InChI=1S/C20H28N4OS/c1-19(2,3)16-12-22-17(25-16)13-23-18(21-4)24-14-20(10-11-20)26-15-8-6-5-7-9-15/h5-9,12H,10-11,13-14H2,1-4H3,(H2,21,23,24). The summed E-state index contributed by atoms with van der Waals surface area (Å²) in [6.07, 6.45) is 4.26. The molecule has 140 valence electrons. The molecule has 3 rings (SSSR count). The lowest BCUT2D eigenvalue weighted by atomic mass is 9.94. The number of benzene rings is 1. The number of hydrogen-bond donors (Lipinski definition) is 2. The van der Waals surface area contributed by atoms with Gasteiger partial charge < -0.3 is 15.1 Å². The zero-order valence-electron chi connectivity index (χ0n) is 16.0. The Morgan fingerprint density at radius 2 is 1.96 bits per heavy atom. The number of hydrogen-bond acceptors (Lipinski definition) is 4. The smallest absolute Gasteiger partial charge is 0.213 e. The van der Waals surface area contributed by atoms with Gasteiger partial charge >= 0.3 is 0 Å². The fraction of sp³-hybridized carbons (Fsp3) is 0.500. The summed E-state index contributed by atoms with van der Waals surface area (Å²) in [5.41, 5.74) is -0.0296. The van der Waals surface area contributed by atoms with Crippen molar-refractivity contribution >= 4 is 17.7 Å².